The van der Waals surface area contributed by atoms with Crippen molar-refractivity contribution in [1.29, 1.82) is 0 Å². The summed E-state index contributed by atoms with van der Waals surface area (Å²) in [7, 11) is 1.67. The number of benzene rings is 1. The van der Waals surface area contributed by atoms with Crippen molar-refractivity contribution in [2.45, 2.75) is 26.4 Å². The Morgan fingerprint density at radius 2 is 2.28 bits per heavy atom. The fourth-order valence-electron chi connectivity index (χ4n) is 1.68. The second-order valence-electron chi connectivity index (χ2n) is 4.11. The van der Waals surface area contributed by atoms with E-state index in [4.69, 9.17) is 9.26 Å². The van der Waals surface area contributed by atoms with Crippen LogP contribution in [-0.4, -0.2) is 17.3 Å². The van der Waals surface area contributed by atoms with E-state index in [9.17, 15) is 0 Å². The van der Waals surface area contributed by atoms with Gasteiger partial charge in [0.25, 0.3) is 0 Å². The number of aromatic nitrogens is 2. The van der Waals surface area contributed by atoms with Crippen molar-refractivity contribution in [2.24, 2.45) is 0 Å². The van der Waals surface area contributed by atoms with Gasteiger partial charge in [0.1, 0.15) is 5.75 Å². The zero-order valence-corrected chi connectivity index (χ0v) is 10.8. The van der Waals surface area contributed by atoms with Crippen molar-refractivity contribution in [1.82, 2.24) is 15.5 Å². The Kier molecular flexibility index (Phi) is 3.94. The second kappa shape index (κ2) is 5.64. The first kappa shape index (κ1) is 12.6. The molecule has 1 heterocycles. The first-order valence-corrected chi connectivity index (χ1v) is 5.85. The Morgan fingerprint density at radius 3 is 2.94 bits per heavy atom. The molecule has 0 bridgehead atoms. The van der Waals surface area contributed by atoms with Gasteiger partial charge < -0.3 is 14.6 Å². The minimum atomic E-state index is 0.187. The summed E-state index contributed by atoms with van der Waals surface area (Å²) >= 11 is 0. The second-order valence-corrected chi connectivity index (χ2v) is 4.11. The highest BCUT2D eigenvalue weighted by atomic mass is 16.5. The lowest BCUT2D eigenvalue weighted by Crippen LogP contribution is -2.18. The Labute approximate surface area is 106 Å². The molecule has 1 aromatic heterocycles. The molecule has 5 nitrogen and oxygen atoms in total. The number of nitrogens with one attached hydrogen (secondary N) is 1. The number of hydrogen-bond acceptors (Lipinski definition) is 5. The molecule has 5 heteroatoms. The zero-order valence-electron chi connectivity index (χ0n) is 10.8. The maximum absolute atomic E-state index is 5.20. The molecule has 1 atom stereocenters. The van der Waals surface area contributed by atoms with Gasteiger partial charge in [-0.2, -0.15) is 4.98 Å². The van der Waals surface area contributed by atoms with Crippen molar-refractivity contribution in [3.05, 3.63) is 41.5 Å². The summed E-state index contributed by atoms with van der Waals surface area (Å²) in [4.78, 5) is 4.15. The minimum absolute atomic E-state index is 0.187. The molecule has 0 aliphatic heterocycles. The van der Waals surface area contributed by atoms with Gasteiger partial charge in [-0.3, -0.25) is 0 Å². The molecule has 18 heavy (non-hydrogen) atoms. The van der Waals surface area contributed by atoms with Crippen LogP contribution in [0.15, 0.2) is 28.8 Å². The third-order valence-electron chi connectivity index (χ3n) is 2.72. The molecular formula is C13H17N3O2. The lowest BCUT2D eigenvalue weighted by Gasteiger charge is -2.13. The molecule has 0 aliphatic rings. The third kappa shape index (κ3) is 3.07. The number of methoxy groups -OCH3 is 1. The molecule has 2 aromatic rings. The van der Waals surface area contributed by atoms with Crippen LogP contribution in [-0.2, 0) is 6.54 Å². The van der Waals surface area contributed by atoms with Crippen molar-refractivity contribution < 1.29 is 9.26 Å². The van der Waals surface area contributed by atoms with E-state index in [1.54, 1.807) is 14.0 Å². The van der Waals surface area contributed by atoms with Gasteiger partial charge >= 0.3 is 0 Å². The first-order chi connectivity index (χ1) is 8.69. The van der Waals surface area contributed by atoms with Gasteiger partial charge in [-0.25, -0.2) is 0 Å². The van der Waals surface area contributed by atoms with Crippen LogP contribution in [0.3, 0.4) is 0 Å². The third-order valence-corrected chi connectivity index (χ3v) is 2.72. The highest BCUT2D eigenvalue weighted by Gasteiger charge is 2.08. The van der Waals surface area contributed by atoms with E-state index in [-0.39, 0.29) is 6.04 Å². The standard InChI is InChI=1S/C13H17N3O2/c1-9(11-5-4-6-12(7-11)17-3)14-8-13-15-10(2)16-18-13/h4-7,9,14H,8H2,1-3H3. The summed E-state index contributed by atoms with van der Waals surface area (Å²) in [5.74, 6) is 2.11. The summed E-state index contributed by atoms with van der Waals surface area (Å²) < 4.78 is 10.2. The van der Waals surface area contributed by atoms with Crippen molar-refractivity contribution in [2.75, 3.05) is 7.11 Å². The molecule has 96 valence electrons. The lowest BCUT2D eigenvalue weighted by atomic mass is 10.1. The van der Waals surface area contributed by atoms with E-state index in [2.05, 4.69) is 28.4 Å². The zero-order chi connectivity index (χ0) is 13.0. The summed E-state index contributed by atoms with van der Waals surface area (Å²) in [6, 6.07) is 8.16. The Balaban J connectivity index is 1.96. The largest absolute Gasteiger partial charge is 0.497 e. The van der Waals surface area contributed by atoms with E-state index in [1.807, 2.05) is 18.2 Å². The van der Waals surface area contributed by atoms with Gasteiger partial charge in [0.15, 0.2) is 5.82 Å². The summed E-state index contributed by atoms with van der Waals surface area (Å²) in [5.41, 5.74) is 1.16. The average Bonchev–Trinajstić information content (AvgIpc) is 2.82. The monoisotopic (exact) mass is 247 g/mol. The fourth-order valence-corrected chi connectivity index (χ4v) is 1.68. The predicted molar refractivity (Wildman–Crippen MR) is 67.3 cm³/mol. The molecule has 0 fully saturated rings. The average molecular weight is 247 g/mol. The molecule has 0 radical (unpaired) electrons. The van der Waals surface area contributed by atoms with Crippen LogP contribution in [0.1, 0.15) is 30.2 Å². The van der Waals surface area contributed by atoms with E-state index < -0.39 is 0 Å². The highest BCUT2D eigenvalue weighted by Crippen LogP contribution is 2.18. The molecule has 0 saturated heterocycles. The predicted octanol–water partition coefficient (Wildman–Crippen LogP) is 2.24. The highest BCUT2D eigenvalue weighted by molar-refractivity contribution is 5.30. The van der Waals surface area contributed by atoms with Gasteiger partial charge in [0.2, 0.25) is 5.89 Å². The van der Waals surface area contributed by atoms with Gasteiger partial charge in [0, 0.05) is 6.04 Å². The topological polar surface area (TPSA) is 60.2 Å². The number of ether oxygens (including phenoxy) is 1. The van der Waals surface area contributed by atoms with Crippen LogP contribution in [0.5, 0.6) is 5.75 Å². The Bertz CT molecular complexity index is 510. The Morgan fingerprint density at radius 1 is 1.44 bits per heavy atom. The number of nitrogens with zero attached hydrogens (tertiary/aromatic N) is 2. The minimum Gasteiger partial charge on any atom is -0.497 e. The van der Waals surface area contributed by atoms with Crippen LogP contribution in [0.4, 0.5) is 0 Å². The molecule has 1 N–H and O–H groups in total. The lowest BCUT2D eigenvalue weighted by molar-refractivity contribution is 0.357. The van der Waals surface area contributed by atoms with Crippen LogP contribution in [0.25, 0.3) is 0 Å². The maximum Gasteiger partial charge on any atom is 0.240 e. The van der Waals surface area contributed by atoms with Crippen LogP contribution in [0.2, 0.25) is 0 Å². The number of hydrogen-bond donors (Lipinski definition) is 1. The van der Waals surface area contributed by atoms with Crippen molar-refractivity contribution in [3.63, 3.8) is 0 Å². The normalized spacial score (nSPS) is 12.4. The van der Waals surface area contributed by atoms with Gasteiger partial charge in [-0.05, 0) is 31.5 Å². The molecule has 0 amide bonds. The van der Waals surface area contributed by atoms with Gasteiger partial charge in [-0.15, -0.1) is 0 Å². The number of aryl methyl sites for hydroxylation is 1. The summed E-state index contributed by atoms with van der Waals surface area (Å²) in [5, 5.41) is 7.08. The van der Waals surface area contributed by atoms with Crippen molar-refractivity contribution in [3.8, 4) is 5.75 Å². The smallest absolute Gasteiger partial charge is 0.240 e. The molecule has 1 unspecified atom stereocenters. The van der Waals surface area contributed by atoms with Crippen molar-refractivity contribution >= 4 is 0 Å². The number of rotatable bonds is 5. The van der Waals surface area contributed by atoms with E-state index in [0.29, 0.717) is 18.3 Å². The van der Waals surface area contributed by atoms with Gasteiger partial charge in [-0.1, -0.05) is 17.3 Å². The molecule has 2 rings (SSSR count). The van der Waals surface area contributed by atoms with Crippen LogP contribution in [0, 0.1) is 6.92 Å². The fraction of sp³-hybridized carbons (Fsp3) is 0.385. The SMILES string of the molecule is COc1cccc(C(C)NCc2nc(C)no2)c1. The summed E-state index contributed by atoms with van der Waals surface area (Å²) in [6.45, 7) is 4.44. The van der Waals surface area contributed by atoms with E-state index >= 15 is 0 Å². The molecule has 1 aromatic carbocycles. The van der Waals surface area contributed by atoms with Gasteiger partial charge in [0.05, 0.1) is 13.7 Å². The quantitative estimate of drug-likeness (QED) is 0.878. The first-order valence-electron chi connectivity index (χ1n) is 5.85. The molecule has 0 spiro atoms. The molecule has 0 aliphatic carbocycles. The van der Waals surface area contributed by atoms with E-state index in [0.717, 1.165) is 11.3 Å². The van der Waals surface area contributed by atoms with E-state index in [1.165, 1.54) is 0 Å². The maximum atomic E-state index is 5.20. The molecular weight excluding hydrogens is 230 g/mol. The summed E-state index contributed by atoms with van der Waals surface area (Å²) in [6.07, 6.45) is 0. The molecule has 0 saturated carbocycles. The Hall–Kier alpha value is -1.88. The van der Waals surface area contributed by atoms with Crippen LogP contribution < -0.4 is 10.1 Å². The van der Waals surface area contributed by atoms with Crippen LogP contribution >= 0.6 is 0 Å².